The van der Waals surface area contributed by atoms with Crippen molar-refractivity contribution in [2.75, 3.05) is 16.5 Å². The monoisotopic (exact) mass is 2060 g/mol. The van der Waals surface area contributed by atoms with E-state index in [9.17, 15) is 5.11 Å². The van der Waals surface area contributed by atoms with Crippen molar-refractivity contribution in [2.24, 2.45) is 0 Å². The van der Waals surface area contributed by atoms with Crippen LogP contribution in [0, 0.1) is 12.1 Å². The van der Waals surface area contributed by atoms with E-state index in [4.69, 9.17) is 52.6 Å². The van der Waals surface area contributed by atoms with E-state index in [1.54, 1.807) is 24.5 Å². The van der Waals surface area contributed by atoms with Gasteiger partial charge in [0.25, 0.3) is 0 Å². The van der Waals surface area contributed by atoms with Crippen molar-refractivity contribution in [1.29, 1.82) is 5.15 Å². The predicted octanol–water partition coefficient (Wildman–Crippen LogP) is 28.7. The number of hydrogen-bond acceptors (Lipinski definition) is 16. The van der Waals surface area contributed by atoms with Crippen molar-refractivity contribution in [3.05, 3.63) is 455 Å². The number of phenols is 1. The van der Waals surface area contributed by atoms with Crippen LogP contribution in [0.15, 0.2) is 449 Å². The molecule has 0 fully saturated rings. The molecule has 0 saturated heterocycles. The smallest absolute Gasteiger partial charge is 0.649 e. The third kappa shape index (κ3) is 22.2. The zero-order chi connectivity index (χ0) is 95.5. The maximum absolute atomic E-state index is 9.31. The SMILES string of the molecule is CP.Cc1ccc2cccc([O][Al][O]c3ccc(-c4ccccc4)cc3)c2n1.Oc1cccc2cccnc12.[2H]N=P.[AlH][O]c1cccc2cccnc12.[Cu+2].[Cu].[Zn].c1ccc(N(c2ccc(-c3ccc(N(c4ccccc4)c4cccc5ccccc45)cc3)cc2)c2cccc3ccccc23)cc1.c1ccc2c(c1)-c1nc-2nc2[n-]c(nc3nc(nc4[n-]c(n1)c1ccccc41)-c1ccccc1-3)c1ccccc21. The minimum Gasteiger partial charge on any atom is -0.649 e. The summed E-state index contributed by atoms with van der Waals surface area (Å²) in [7, 11) is 4.89. The van der Waals surface area contributed by atoms with Crippen molar-refractivity contribution < 1.29 is 71.5 Å². The fraction of sp³-hybridized carbons (Fsp3) is 0.0171. The normalized spacial score (nSPS) is 10.7. The summed E-state index contributed by atoms with van der Waals surface area (Å²) in [5.74, 6) is 4.86. The molecule has 0 spiro atoms. The minimum atomic E-state index is -0.665. The third-order valence-corrected chi connectivity index (χ3v) is 24.5. The Labute approximate surface area is 876 Å². The molecule has 1 unspecified atom stereocenters. The molecule has 1 atom stereocenters. The number of aromatic nitrogens is 11. The summed E-state index contributed by atoms with van der Waals surface area (Å²) in [5, 5.41) is 23.5. The van der Waals surface area contributed by atoms with Crippen LogP contribution in [0.5, 0.6) is 23.0 Å². The van der Waals surface area contributed by atoms with Gasteiger partial charge in [-0.15, -0.1) is 9.24 Å². The van der Waals surface area contributed by atoms with Crippen LogP contribution in [-0.2, 0) is 53.6 Å². The molecule has 2 aliphatic rings. The Morgan fingerprint density at radius 2 is 0.655 bits per heavy atom. The number of phenolic OH excluding ortho intramolecular Hbond substituents is 1. The Kier molecular flexibility index (Phi) is 33.1. The second-order valence-corrected chi connectivity index (χ2v) is 32.9. The number of pyridine rings is 3. The van der Waals surface area contributed by atoms with E-state index in [2.05, 4.69) is 273 Å². The topological polar surface area (TPSA) is 222 Å². The summed E-state index contributed by atoms with van der Waals surface area (Å²) < 4.78 is 22.6. The Bertz CT molecular complexity index is 8060. The Morgan fingerprint density at radius 3 is 1.08 bits per heavy atom. The van der Waals surface area contributed by atoms with Crippen molar-refractivity contribution in [3.8, 4) is 90.8 Å². The quantitative estimate of drug-likeness (QED) is 0.0809. The molecule has 0 aliphatic carbocycles. The first-order chi connectivity index (χ1) is 69.1. The standard InChI is InChI=1S/C44H32N2.C32H16N8.C12H10O.C10H9NO.2C9H7NO.CH5P.2Al.2Cu.H2NP.Zn.H/c1-3-17-37(18-4-1)45(43-23-11-15-35-13-7-9-21-41(35)43)39-29-25-33(26-30-39)34-27-31-40(32-28-34)46(38-19-5-2-6-20-38)44-24-12-16-36-14-8-10-22-42(36)44;1-2-10-18-17(9-1)25-33-26(18)38-28-21-13-5-6-14-22(21)30(35-28)40-32-24-16-8-7-15-23(24)31(36-32)39-29-20-12-4-3-11-19(20)27(34-29)37-25;13-12-8-6-11(7-9-12)10-4-2-1-3-5-10;1-7-5-6-8-3-2-4-9(12)10(8)11-7;2*11-8-5-1-3-7-4-2-6-10-9(7)8;1-2;;;;;1-2;;/h1-32H;1-16H;1-9,13H;2-6,12H,1H3;2*1-6,11H;2H2,1H3;;;;;1-2H;;/q;-2;;;;;;+1;+2;;+2;;;/p-3/i/hD. The van der Waals surface area contributed by atoms with Crippen molar-refractivity contribution >= 4 is 183 Å². The van der Waals surface area contributed by atoms with Gasteiger partial charge in [0.05, 0.1) is 40.4 Å². The fourth-order valence-electron chi connectivity index (χ4n) is 17.0. The average molecular weight is 2060 g/mol. The molecule has 8 bridgehead atoms. The molecule has 4 radical (unpaired) electrons. The number of fused-ring (bicyclic) bond motifs is 25. The van der Waals surface area contributed by atoms with Gasteiger partial charge in [-0.1, -0.05) is 334 Å². The van der Waals surface area contributed by atoms with Crippen LogP contribution in [0.3, 0.4) is 0 Å². The number of para-hydroxylation sites is 5. The zero-order valence-electron chi connectivity index (χ0n) is 77.8. The van der Waals surface area contributed by atoms with Crippen molar-refractivity contribution in [2.45, 2.75) is 6.92 Å². The molecule has 2 aliphatic heterocycles. The van der Waals surface area contributed by atoms with E-state index in [1.165, 1.54) is 60.4 Å². The first kappa shape index (κ1) is 98.5. The number of rotatable bonds is 13. The van der Waals surface area contributed by atoms with Gasteiger partial charge in [-0.3, -0.25) is 15.1 Å². The number of aromatic hydroxyl groups is 1. The fourth-order valence-corrected chi connectivity index (χ4v) is 17.8. The van der Waals surface area contributed by atoms with E-state index < -0.39 is 15.9 Å². The molecular formula is C117H86Al2Cu2N14O4P2Zn. The second-order valence-electron chi connectivity index (χ2n) is 31.9. The molecule has 6 aromatic heterocycles. The van der Waals surface area contributed by atoms with Crippen LogP contribution in [0.4, 0.5) is 34.1 Å². The molecule has 23 aromatic rings. The summed E-state index contributed by atoms with van der Waals surface area (Å²) in [4.78, 5) is 56.8. The van der Waals surface area contributed by atoms with Gasteiger partial charge in [0.1, 0.15) is 33.8 Å². The first-order valence-electron chi connectivity index (χ1n) is 45.4. The summed E-state index contributed by atoms with van der Waals surface area (Å²) >= 11 is 0.801. The molecule has 18 nitrogen and oxygen atoms in total. The molecule has 142 heavy (non-hydrogen) atoms. The van der Waals surface area contributed by atoms with Crippen LogP contribution in [-0.4, -0.2) is 89.1 Å². The summed E-state index contributed by atoms with van der Waals surface area (Å²) in [5.41, 5.74) is 20.8. The van der Waals surface area contributed by atoms with Crippen molar-refractivity contribution in [1.82, 2.24) is 54.8 Å². The number of anilines is 6. The van der Waals surface area contributed by atoms with Crippen LogP contribution >= 0.6 is 18.3 Å². The average Bonchev–Trinajstić information content (AvgIpc) is 1.69. The summed E-state index contributed by atoms with van der Waals surface area (Å²) in [6.45, 7) is 3.90. The van der Waals surface area contributed by atoms with Gasteiger partial charge in [0.2, 0.25) is 0 Å². The number of aryl methyl sites for hydroxylation is 1. The second kappa shape index (κ2) is 47.7. The van der Waals surface area contributed by atoms with Gasteiger partial charge in [-0.2, -0.15) is 0 Å². The Hall–Kier alpha value is -15.1. The molecule has 0 amide bonds. The van der Waals surface area contributed by atoms with Crippen molar-refractivity contribution in [3.63, 3.8) is 0 Å². The molecule has 25 rings (SSSR count). The predicted molar refractivity (Wildman–Crippen MR) is 575 cm³/mol. The molecule has 2 N–H and O–H groups in total. The first-order valence-corrected chi connectivity index (χ1v) is 48.1. The maximum atomic E-state index is 9.31. The van der Waals surface area contributed by atoms with E-state index in [1.807, 2.05) is 214 Å². The van der Waals surface area contributed by atoms with Gasteiger partial charge >= 0.3 is 49.6 Å². The molecule has 0 saturated carbocycles. The van der Waals surface area contributed by atoms with Crippen LogP contribution in [0.2, 0.25) is 1.41 Å². The number of benzene rings is 17. The largest absolute Gasteiger partial charge is 2.00 e. The number of hydrogen-bond donors (Lipinski definition) is 2. The zero-order valence-corrected chi connectivity index (χ0v) is 86.4. The molecule has 17 aromatic carbocycles. The van der Waals surface area contributed by atoms with Gasteiger partial charge in [0, 0.05) is 149 Å². The van der Waals surface area contributed by atoms with Gasteiger partial charge in [-0.25, -0.2) is 15.0 Å². The van der Waals surface area contributed by atoms with Gasteiger partial charge in [-0.05, 0) is 180 Å². The van der Waals surface area contributed by atoms with Gasteiger partial charge in [0.15, 0.2) is 1.41 Å². The Balaban J connectivity index is 0.000000137. The molecular weight excluding hydrogens is 1970 g/mol. The van der Waals surface area contributed by atoms with E-state index in [0.29, 0.717) is 51.4 Å². The van der Waals surface area contributed by atoms with E-state index in [-0.39, 0.29) is 59.4 Å². The summed E-state index contributed by atoms with van der Waals surface area (Å²) in [6.07, 6.45) is 3.44. The van der Waals surface area contributed by atoms with E-state index >= 15 is 0 Å². The Morgan fingerprint density at radius 1 is 0.331 bits per heavy atom. The van der Waals surface area contributed by atoms with Crippen LogP contribution in [0.1, 0.15) is 5.69 Å². The van der Waals surface area contributed by atoms with Crippen LogP contribution in [0.25, 0.3) is 166 Å². The van der Waals surface area contributed by atoms with Crippen LogP contribution < -0.4 is 31.1 Å². The maximum Gasteiger partial charge on any atom is 2.00 e. The number of nitrogens with zero attached hydrogens (tertiary/aromatic N) is 13. The third-order valence-electron chi connectivity index (χ3n) is 23.5. The minimum absolute atomic E-state index is 0. The number of nitrogens with one attached hydrogen (secondary N) is 1. The van der Waals surface area contributed by atoms with Gasteiger partial charge < -0.3 is 56.2 Å². The summed E-state index contributed by atoms with van der Waals surface area (Å²) in [6, 6.07) is 148. The molecule has 688 valence electrons. The molecule has 25 heteroatoms. The van der Waals surface area contributed by atoms with E-state index in [0.717, 1.165) is 128 Å². The molecule has 8 heterocycles.